The van der Waals surface area contributed by atoms with E-state index in [1.54, 1.807) is 0 Å². The molecular weight excluding hydrogens is 248 g/mol. The van der Waals surface area contributed by atoms with E-state index < -0.39 is 0 Å². The molecule has 0 bridgehead atoms. The van der Waals surface area contributed by atoms with Gasteiger partial charge in [0, 0.05) is 18.2 Å². The molecule has 0 aliphatic heterocycles. The Bertz CT molecular complexity index is 489. The number of hydrogen-bond donors (Lipinski definition) is 2. The number of nitrogens with two attached hydrogens (primary N) is 1. The topological polar surface area (TPSA) is 49.5 Å². The molecule has 1 fully saturated rings. The van der Waals surface area contributed by atoms with Gasteiger partial charge in [-0.1, -0.05) is 36.8 Å². The van der Waals surface area contributed by atoms with E-state index in [4.69, 9.17) is 5.73 Å². The van der Waals surface area contributed by atoms with E-state index >= 15 is 0 Å². The van der Waals surface area contributed by atoms with E-state index in [1.807, 2.05) is 12.1 Å². The molecule has 0 aromatic heterocycles. The fourth-order valence-corrected chi connectivity index (χ4v) is 2.91. The maximum absolute atomic E-state index is 10.1. The lowest BCUT2D eigenvalue weighted by molar-refractivity contribution is 0.0288. The van der Waals surface area contributed by atoms with Crippen LogP contribution < -0.4 is 5.73 Å². The number of aliphatic hydroxyl groups excluding tert-OH is 1. The molecule has 3 nitrogen and oxygen atoms in total. The van der Waals surface area contributed by atoms with Gasteiger partial charge in [-0.2, -0.15) is 0 Å². The van der Waals surface area contributed by atoms with Crippen molar-refractivity contribution in [3.8, 4) is 11.8 Å². The van der Waals surface area contributed by atoms with Gasteiger partial charge in [-0.15, -0.1) is 0 Å². The Morgan fingerprint density at radius 3 is 2.90 bits per heavy atom. The van der Waals surface area contributed by atoms with Crippen LogP contribution in [0.15, 0.2) is 24.3 Å². The largest absolute Gasteiger partial charge is 0.391 e. The van der Waals surface area contributed by atoms with E-state index in [9.17, 15) is 5.11 Å². The van der Waals surface area contributed by atoms with Gasteiger partial charge in [0.1, 0.15) is 0 Å². The summed E-state index contributed by atoms with van der Waals surface area (Å²) in [5.41, 5.74) is 7.63. The van der Waals surface area contributed by atoms with Crippen molar-refractivity contribution in [3.63, 3.8) is 0 Å². The van der Waals surface area contributed by atoms with Gasteiger partial charge in [0.05, 0.1) is 12.6 Å². The summed E-state index contributed by atoms with van der Waals surface area (Å²) in [5, 5.41) is 10.1. The number of rotatable bonds is 3. The van der Waals surface area contributed by atoms with E-state index in [-0.39, 0.29) is 12.1 Å². The Hall–Kier alpha value is -1.34. The molecule has 1 aliphatic carbocycles. The van der Waals surface area contributed by atoms with Crippen LogP contribution in [0.5, 0.6) is 0 Å². The average molecular weight is 272 g/mol. The summed E-state index contributed by atoms with van der Waals surface area (Å²) in [6.07, 6.45) is 4.19. The van der Waals surface area contributed by atoms with Crippen molar-refractivity contribution in [2.24, 2.45) is 5.73 Å². The first-order valence-corrected chi connectivity index (χ1v) is 7.37. The van der Waals surface area contributed by atoms with Crippen molar-refractivity contribution < 1.29 is 5.11 Å². The molecule has 20 heavy (non-hydrogen) atoms. The van der Waals surface area contributed by atoms with Crippen LogP contribution in [-0.2, 0) is 6.54 Å². The Morgan fingerprint density at radius 2 is 2.15 bits per heavy atom. The van der Waals surface area contributed by atoms with Crippen LogP contribution in [0.3, 0.4) is 0 Å². The van der Waals surface area contributed by atoms with Crippen molar-refractivity contribution in [2.45, 2.75) is 44.4 Å². The number of nitrogens with zero attached hydrogens (tertiary/aromatic N) is 1. The lowest BCUT2D eigenvalue weighted by Gasteiger charge is -2.35. The molecule has 0 saturated heterocycles. The zero-order valence-corrected chi connectivity index (χ0v) is 12.2. The summed E-state index contributed by atoms with van der Waals surface area (Å²) in [4.78, 5) is 2.26. The molecule has 0 spiro atoms. The zero-order chi connectivity index (χ0) is 14.4. The summed E-state index contributed by atoms with van der Waals surface area (Å²) >= 11 is 0. The number of hydrogen-bond acceptors (Lipinski definition) is 3. The third kappa shape index (κ3) is 4.08. The fraction of sp³-hybridized carbons (Fsp3) is 0.529. The second kappa shape index (κ2) is 7.44. The van der Waals surface area contributed by atoms with Crippen molar-refractivity contribution in [3.05, 3.63) is 35.4 Å². The van der Waals surface area contributed by atoms with Crippen LogP contribution >= 0.6 is 0 Å². The quantitative estimate of drug-likeness (QED) is 0.824. The standard InChI is InChI=1S/C17H24N2O/c1-19(16-9-2-3-10-17(16)20)13-15-7-4-6-14(12-15)8-5-11-18/h4,6-7,12,16-17,20H,2-3,9-11,13,18H2,1H3. The molecule has 0 radical (unpaired) electrons. The molecule has 1 aliphatic rings. The molecule has 2 rings (SSSR count). The number of benzene rings is 1. The lowest BCUT2D eigenvalue weighted by atomic mass is 9.91. The first kappa shape index (κ1) is 15.1. The van der Waals surface area contributed by atoms with Gasteiger partial charge < -0.3 is 10.8 Å². The van der Waals surface area contributed by atoms with Gasteiger partial charge in [-0.05, 0) is 37.6 Å². The summed E-state index contributed by atoms with van der Waals surface area (Å²) in [5.74, 6) is 5.94. The highest BCUT2D eigenvalue weighted by molar-refractivity contribution is 5.37. The molecule has 3 heteroatoms. The predicted octanol–water partition coefficient (Wildman–Crippen LogP) is 1.73. The Balaban J connectivity index is 2.01. The monoisotopic (exact) mass is 272 g/mol. The van der Waals surface area contributed by atoms with Gasteiger partial charge in [-0.3, -0.25) is 4.90 Å². The van der Waals surface area contributed by atoms with Crippen molar-refractivity contribution in [1.82, 2.24) is 4.90 Å². The maximum atomic E-state index is 10.1. The van der Waals surface area contributed by atoms with Crippen LogP contribution in [-0.4, -0.2) is 35.7 Å². The van der Waals surface area contributed by atoms with E-state index in [0.717, 1.165) is 31.4 Å². The lowest BCUT2D eigenvalue weighted by Crippen LogP contribution is -2.42. The van der Waals surface area contributed by atoms with Crippen LogP contribution in [0.2, 0.25) is 0 Å². The molecule has 0 amide bonds. The summed E-state index contributed by atoms with van der Waals surface area (Å²) in [6, 6.07) is 8.53. The highest BCUT2D eigenvalue weighted by Gasteiger charge is 2.26. The van der Waals surface area contributed by atoms with Gasteiger partial charge >= 0.3 is 0 Å². The van der Waals surface area contributed by atoms with Crippen LogP contribution in [0.1, 0.15) is 36.8 Å². The third-order valence-corrected chi connectivity index (χ3v) is 3.95. The molecule has 1 aromatic carbocycles. The molecule has 2 unspecified atom stereocenters. The van der Waals surface area contributed by atoms with Gasteiger partial charge in [0.2, 0.25) is 0 Å². The Morgan fingerprint density at radius 1 is 1.35 bits per heavy atom. The fourth-order valence-electron chi connectivity index (χ4n) is 2.91. The van der Waals surface area contributed by atoms with E-state index in [1.165, 1.54) is 12.0 Å². The van der Waals surface area contributed by atoms with Crippen LogP contribution in [0.4, 0.5) is 0 Å². The van der Waals surface area contributed by atoms with Gasteiger partial charge in [-0.25, -0.2) is 0 Å². The molecule has 0 heterocycles. The summed E-state index contributed by atoms with van der Waals surface area (Å²) < 4.78 is 0. The Kier molecular flexibility index (Phi) is 5.60. The average Bonchev–Trinajstić information content (AvgIpc) is 2.46. The second-order valence-electron chi connectivity index (χ2n) is 5.54. The van der Waals surface area contributed by atoms with Crippen molar-refractivity contribution in [2.75, 3.05) is 13.6 Å². The molecule has 3 N–H and O–H groups in total. The third-order valence-electron chi connectivity index (χ3n) is 3.95. The first-order chi connectivity index (χ1) is 9.70. The highest BCUT2D eigenvalue weighted by Crippen LogP contribution is 2.23. The van der Waals surface area contributed by atoms with E-state index in [0.29, 0.717) is 6.54 Å². The van der Waals surface area contributed by atoms with E-state index in [2.05, 4.69) is 35.9 Å². The second-order valence-corrected chi connectivity index (χ2v) is 5.54. The van der Waals surface area contributed by atoms with Crippen LogP contribution in [0, 0.1) is 11.8 Å². The van der Waals surface area contributed by atoms with Crippen molar-refractivity contribution in [1.29, 1.82) is 0 Å². The van der Waals surface area contributed by atoms with Crippen LogP contribution in [0.25, 0.3) is 0 Å². The molecule has 1 aromatic rings. The summed E-state index contributed by atoms with van der Waals surface area (Å²) in [7, 11) is 2.09. The Labute approximate surface area is 121 Å². The number of aliphatic hydroxyl groups is 1. The highest BCUT2D eigenvalue weighted by atomic mass is 16.3. The number of likely N-dealkylation sites (N-methyl/N-ethyl adjacent to an activating group) is 1. The summed E-state index contributed by atoms with van der Waals surface area (Å²) in [6.45, 7) is 1.23. The maximum Gasteiger partial charge on any atom is 0.0695 e. The first-order valence-electron chi connectivity index (χ1n) is 7.37. The minimum atomic E-state index is -0.186. The molecule has 2 atom stereocenters. The van der Waals surface area contributed by atoms with Gasteiger partial charge in [0.15, 0.2) is 0 Å². The SMILES string of the molecule is CN(Cc1cccc(C#CCN)c1)C1CCCCC1O. The molecular formula is C17H24N2O. The minimum absolute atomic E-state index is 0.186. The normalized spacial score (nSPS) is 22.4. The zero-order valence-electron chi connectivity index (χ0n) is 12.2. The van der Waals surface area contributed by atoms with Gasteiger partial charge in [0.25, 0.3) is 0 Å². The van der Waals surface area contributed by atoms with Crippen molar-refractivity contribution >= 4 is 0 Å². The smallest absolute Gasteiger partial charge is 0.0695 e. The molecule has 1 saturated carbocycles. The molecule has 108 valence electrons. The minimum Gasteiger partial charge on any atom is -0.391 e. The predicted molar refractivity (Wildman–Crippen MR) is 82.1 cm³/mol.